The van der Waals surface area contributed by atoms with Crippen LogP contribution in [0.2, 0.25) is 0 Å². The van der Waals surface area contributed by atoms with Crippen LogP contribution in [-0.4, -0.2) is 104 Å². The van der Waals surface area contributed by atoms with E-state index in [4.69, 9.17) is 5.11 Å². The van der Waals surface area contributed by atoms with Crippen molar-refractivity contribution in [2.45, 2.75) is 87.9 Å². The van der Waals surface area contributed by atoms with E-state index in [9.17, 15) is 40.7 Å². The maximum absolute atomic E-state index is 13.3. The van der Waals surface area contributed by atoms with E-state index < -0.39 is 67.8 Å². The normalized spacial score (nSPS) is 18.6. The molecule has 58 heavy (non-hydrogen) atoms. The number of carbonyl (C=O) groups is 3. The fourth-order valence-corrected chi connectivity index (χ4v) is 7.63. The van der Waals surface area contributed by atoms with Gasteiger partial charge in [0.1, 0.15) is 17.7 Å². The summed E-state index contributed by atoms with van der Waals surface area (Å²) in [5.41, 5.74) is 5.02. The van der Waals surface area contributed by atoms with Crippen molar-refractivity contribution >= 4 is 18.1 Å². The molecule has 2 aliphatic heterocycles. The van der Waals surface area contributed by atoms with Crippen molar-refractivity contribution in [1.29, 1.82) is 0 Å². The number of halogens is 6. The van der Waals surface area contributed by atoms with Gasteiger partial charge >= 0.3 is 24.5 Å². The lowest BCUT2D eigenvalue weighted by Gasteiger charge is -2.28. The van der Waals surface area contributed by atoms with E-state index >= 15 is 0 Å². The molecule has 0 aliphatic carbocycles. The van der Waals surface area contributed by atoms with Crippen LogP contribution in [0.5, 0.6) is 0 Å². The number of H-pyrrole nitrogens is 2. The first-order valence-corrected chi connectivity index (χ1v) is 18.9. The second-order valence-corrected chi connectivity index (χ2v) is 14.5. The van der Waals surface area contributed by atoms with Gasteiger partial charge < -0.3 is 35.3 Å². The molecule has 13 nitrogen and oxygen atoms in total. The quantitative estimate of drug-likeness (QED) is 0.0799. The monoisotopic (exact) mass is 818 g/mol. The Hall–Kier alpha value is -5.59. The number of nitrogens with one attached hydrogen (secondary N) is 4. The Morgan fingerprint density at radius 1 is 0.776 bits per heavy atom. The molecule has 2 saturated heterocycles. The first kappa shape index (κ1) is 42.0. The molecule has 4 atom stereocenters. The van der Waals surface area contributed by atoms with Crippen molar-refractivity contribution in [3.05, 3.63) is 72.6 Å². The van der Waals surface area contributed by atoms with Crippen LogP contribution in [0.1, 0.15) is 75.1 Å². The number of nitrogens with zero attached hydrogens (tertiary/aromatic N) is 4. The molecule has 2 aromatic heterocycles. The number of methoxy groups -OCH3 is 1. The minimum Gasteiger partial charge on any atom is -0.465 e. The third kappa shape index (κ3) is 10.9. The number of likely N-dealkylation sites (tertiary alicyclic amines) is 2. The molecule has 312 valence electrons. The summed E-state index contributed by atoms with van der Waals surface area (Å²) < 4.78 is 82.3. The van der Waals surface area contributed by atoms with E-state index in [0.29, 0.717) is 36.7 Å². The van der Waals surface area contributed by atoms with Crippen LogP contribution in [-0.2, 0) is 9.53 Å². The zero-order valence-electron chi connectivity index (χ0n) is 31.5. The maximum Gasteiger partial charge on any atom is 0.407 e. The molecule has 4 unspecified atom stereocenters. The SMILES string of the molecule is COC(=O)NC(CCC(F)(F)F)CN1CCCC1c1ncc(-c2ccc(-c3ccc(-c4cnc(C5CCCN5C(=O)C(CCC(F)(F)F)NC(=O)O)[nH]4)cc3)cc2)[nH]1. The minimum absolute atomic E-state index is 0.157. The molecule has 5 N–H and O–H groups in total. The van der Waals surface area contributed by atoms with Crippen molar-refractivity contribution < 1.29 is 50.6 Å². The minimum atomic E-state index is -4.54. The highest BCUT2D eigenvalue weighted by Gasteiger charge is 2.39. The van der Waals surface area contributed by atoms with Crippen LogP contribution < -0.4 is 10.6 Å². The van der Waals surface area contributed by atoms with E-state index in [1.165, 1.54) is 12.0 Å². The molecule has 2 aliphatic rings. The highest BCUT2D eigenvalue weighted by molar-refractivity contribution is 5.86. The van der Waals surface area contributed by atoms with E-state index in [0.717, 1.165) is 40.8 Å². The number of hydrogen-bond acceptors (Lipinski definition) is 7. The summed E-state index contributed by atoms with van der Waals surface area (Å²) in [6.07, 6.45) is -8.55. The lowest BCUT2D eigenvalue weighted by atomic mass is 10.0. The Labute approximate surface area is 329 Å². The predicted octanol–water partition coefficient (Wildman–Crippen LogP) is 7.98. The number of alkyl carbamates (subject to hydrolysis) is 1. The van der Waals surface area contributed by atoms with Gasteiger partial charge in [0.05, 0.1) is 43.0 Å². The zero-order chi connectivity index (χ0) is 41.6. The summed E-state index contributed by atoms with van der Waals surface area (Å²) in [4.78, 5) is 55.5. The van der Waals surface area contributed by atoms with Crippen LogP contribution in [0.4, 0.5) is 35.9 Å². The number of carbonyl (C=O) groups excluding carboxylic acids is 2. The fourth-order valence-electron chi connectivity index (χ4n) is 7.63. The van der Waals surface area contributed by atoms with E-state index in [-0.39, 0.29) is 25.6 Å². The lowest BCUT2D eigenvalue weighted by molar-refractivity contribution is -0.143. The molecular formula is C39H44F6N8O5. The molecule has 4 heterocycles. The number of hydrogen-bond donors (Lipinski definition) is 5. The number of carboxylic acid groups (broad SMARTS) is 1. The molecule has 6 rings (SSSR count). The average Bonchev–Trinajstić information content (AvgIpc) is 4.02. The molecule has 0 bridgehead atoms. The summed E-state index contributed by atoms with van der Waals surface area (Å²) in [6.45, 7) is 1.12. The number of ether oxygens (including phenoxy) is 1. The van der Waals surface area contributed by atoms with Crippen molar-refractivity contribution in [2.75, 3.05) is 26.7 Å². The van der Waals surface area contributed by atoms with Gasteiger partial charge in [-0.1, -0.05) is 48.5 Å². The first-order valence-electron chi connectivity index (χ1n) is 18.9. The van der Waals surface area contributed by atoms with Gasteiger partial charge in [-0.2, -0.15) is 26.3 Å². The van der Waals surface area contributed by atoms with Gasteiger partial charge in [-0.05, 0) is 67.3 Å². The Morgan fingerprint density at radius 2 is 1.28 bits per heavy atom. The summed E-state index contributed by atoms with van der Waals surface area (Å²) >= 11 is 0. The average molecular weight is 819 g/mol. The van der Waals surface area contributed by atoms with E-state index in [1.54, 1.807) is 12.4 Å². The molecule has 0 radical (unpaired) electrons. The topological polar surface area (TPSA) is 169 Å². The molecule has 2 aromatic carbocycles. The van der Waals surface area contributed by atoms with Gasteiger partial charge in [0, 0.05) is 32.0 Å². The van der Waals surface area contributed by atoms with E-state index in [2.05, 4.69) is 30.0 Å². The molecular weight excluding hydrogens is 774 g/mol. The number of amides is 3. The molecule has 3 amide bonds. The number of aromatic amines is 2. The van der Waals surface area contributed by atoms with Crippen molar-refractivity contribution in [3.63, 3.8) is 0 Å². The molecule has 2 fully saturated rings. The van der Waals surface area contributed by atoms with Crippen LogP contribution in [0.15, 0.2) is 60.9 Å². The third-order valence-corrected chi connectivity index (χ3v) is 10.5. The smallest absolute Gasteiger partial charge is 0.407 e. The van der Waals surface area contributed by atoms with Crippen molar-refractivity contribution in [1.82, 2.24) is 40.4 Å². The Balaban J connectivity index is 1.08. The number of aromatic nitrogens is 4. The standard InChI is InChI=1S/C39H44F6N8O5/c1-58-37(57)48-27(14-16-38(40,41)42)22-52-18-2-4-31(52)33-46-20-29(49-33)25-10-6-23(7-11-25)24-8-12-26(13-9-24)30-21-47-34(50-30)32-5-3-19-53(32)35(54)28(51-36(55)56)15-17-39(43,44)45/h6-13,20-21,27-28,31-32,51H,2-5,14-19,22H2,1H3,(H,46,49)(H,47,50)(H,48,57)(H,55,56). The van der Waals surface area contributed by atoms with Gasteiger partial charge in [-0.15, -0.1) is 0 Å². The maximum atomic E-state index is 13.3. The Kier molecular flexibility index (Phi) is 13.0. The lowest BCUT2D eigenvalue weighted by Crippen LogP contribution is -2.48. The summed E-state index contributed by atoms with van der Waals surface area (Å²) in [7, 11) is 1.17. The van der Waals surface area contributed by atoms with Gasteiger partial charge in [-0.3, -0.25) is 9.69 Å². The van der Waals surface area contributed by atoms with Crippen molar-refractivity contribution in [3.8, 4) is 33.6 Å². The highest BCUT2D eigenvalue weighted by Crippen LogP contribution is 2.35. The summed E-state index contributed by atoms with van der Waals surface area (Å²) in [5.74, 6) is 0.417. The van der Waals surface area contributed by atoms with Gasteiger partial charge in [0.15, 0.2) is 0 Å². The van der Waals surface area contributed by atoms with Gasteiger partial charge in [0.25, 0.3) is 0 Å². The first-order chi connectivity index (χ1) is 27.6. The largest absolute Gasteiger partial charge is 0.465 e. The zero-order valence-corrected chi connectivity index (χ0v) is 31.5. The van der Waals surface area contributed by atoms with E-state index in [1.807, 2.05) is 58.7 Å². The third-order valence-electron chi connectivity index (χ3n) is 10.5. The number of alkyl halides is 6. The Bertz CT molecular complexity index is 2020. The van der Waals surface area contributed by atoms with Crippen LogP contribution in [0.25, 0.3) is 33.6 Å². The molecule has 0 saturated carbocycles. The second kappa shape index (κ2) is 17.9. The molecule has 4 aromatic rings. The number of imidazole rings is 2. The van der Waals surface area contributed by atoms with Crippen LogP contribution in [0, 0.1) is 0 Å². The fraction of sp³-hybridized carbons (Fsp3) is 0.462. The summed E-state index contributed by atoms with van der Waals surface area (Å²) in [6, 6.07) is 12.6. The predicted molar refractivity (Wildman–Crippen MR) is 199 cm³/mol. The number of benzene rings is 2. The van der Waals surface area contributed by atoms with Crippen LogP contribution >= 0.6 is 0 Å². The Morgan fingerprint density at radius 3 is 1.81 bits per heavy atom. The molecule has 19 heteroatoms. The highest BCUT2D eigenvalue weighted by atomic mass is 19.4. The van der Waals surface area contributed by atoms with Gasteiger partial charge in [-0.25, -0.2) is 19.6 Å². The summed E-state index contributed by atoms with van der Waals surface area (Å²) in [5, 5.41) is 13.6. The number of rotatable bonds is 14. The van der Waals surface area contributed by atoms with Gasteiger partial charge in [0.2, 0.25) is 5.91 Å². The van der Waals surface area contributed by atoms with Crippen molar-refractivity contribution in [2.24, 2.45) is 0 Å². The molecule has 0 spiro atoms. The van der Waals surface area contributed by atoms with Crippen LogP contribution in [0.3, 0.4) is 0 Å². The second-order valence-electron chi connectivity index (χ2n) is 14.5.